The van der Waals surface area contributed by atoms with Crippen molar-refractivity contribution in [1.29, 1.82) is 0 Å². The third kappa shape index (κ3) is 3.03. The van der Waals surface area contributed by atoms with Crippen LogP contribution in [0.3, 0.4) is 0 Å². The standard InChI is InChI=1S/C19H18N4O3/c24-16-10-14-9-15(8-13-2-1-7-23(16)17(13)14)22-19(26)18(25)21-11-12-3-5-20-6-4-12/h3-6,8-9H,1-2,7,10-11H2,(H,21,25)(H,22,26). The van der Waals surface area contributed by atoms with Gasteiger partial charge in [0.15, 0.2) is 0 Å². The first-order valence-corrected chi connectivity index (χ1v) is 8.56. The molecule has 7 heteroatoms. The van der Waals surface area contributed by atoms with Crippen LogP contribution in [0, 0.1) is 0 Å². The molecule has 7 nitrogen and oxygen atoms in total. The average Bonchev–Trinajstić information content (AvgIpc) is 2.97. The normalized spacial score (nSPS) is 14.8. The van der Waals surface area contributed by atoms with Crippen LogP contribution in [0.15, 0.2) is 36.7 Å². The molecular formula is C19H18N4O3. The Hall–Kier alpha value is -3.22. The van der Waals surface area contributed by atoms with Crippen LogP contribution in [0.4, 0.5) is 11.4 Å². The minimum Gasteiger partial charge on any atom is -0.344 e. The first-order valence-electron chi connectivity index (χ1n) is 8.56. The second-order valence-corrected chi connectivity index (χ2v) is 6.46. The van der Waals surface area contributed by atoms with Gasteiger partial charge in [0.2, 0.25) is 5.91 Å². The van der Waals surface area contributed by atoms with Crippen molar-refractivity contribution in [1.82, 2.24) is 10.3 Å². The van der Waals surface area contributed by atoms with Gasteiger partial charge < -0.3 is 15.5 Å². The maximum absolute atomic E-state index is 12.2. The van der Waals surface area contributed by atoms with Crippen LogP contribution < -0.4 is 15.5 Å². The fraction of sp³-hybridized carbons (Fsp3) is 0.263. The highest BCUT2D eigenvalue weighted by Gasteiger charge is 2.32. The predicted octanol–water partition coefficient (Wildman–Crippen LogP) is 1.17. The van der Waals surface area contributed by atoms with Gasteiger partial charge in [-0.1, -0.05) is 0 Å². The Morgan fingerprint density at radius 3 is 2.69 bits per heavy atom. The highest BCUT2D eigenvalue weighted by atomic mass is 16.2. The Kier molecular flexibility index (Phi) is 4.12. The number of carbonyl (C=O) groups is 3. The Labute approximate surface area is 150 Å². The van der Waals surface area contributed by atoms with Gasteiger partial charge in [-0.25, -0.2) is 0 Å². The van der Waals surface area contributed by atoms with Gasteiger partial charge >= 0.3 is 11.8 Å². The number of hydrogen-bond acceptors (Lipinski definition) is 4. The lowest BCUT2D eigenvalue weighted by Gasteiger charge is -2.26. The fourth-order valence-corrected chi connectivity index (χ4v) is 3.50. The summed E-state index contributed by atoms with van der Waals surface area (Å²) in [7, 11) is 0. The number of rotatable bonds is 3. The van der Waals surface area contributed by atoms with Gasteiger partial charge in [-0.05, 0) is 53.8 Å². The highest BCUT2D eigenvalue weighted by molar-refractivity contribution is 6.39. The molecule has 0 fully saturated rings. The quantitative estimate of drug-likeness (QED) is 0.813. The molecule has 0 spiro atoms. The van der Waals surface area contributed by atoms with Gasteiger partial charge in [0.05, 0.1) is 12.1 Å². The monoisotopic (exact) mass is 350 g/mol. The van der Waals surface area contributed by atoms with Crippen LogP contribution in [0.2, 0.25) is 0 Å². The summed E-state index contributed by atoms with van der Waals surface area (Å²) >= 11 is 0. The van der Waals surface area contributed by atoms with Crippen molar-refractivity contribution in [2.45, 2.75) is 25.8 Å². The molecule has 132 valence electrons. The van der Waals surface area contributed by atoms with Crippen LogP contribution >= 0.6 is 0 Å². The molecule has 0 saturated heterocycles. The molecule has 1 aromatic heterocycles. The smallest absolute Gasteiger partial charge is 0.313 e. The molecule has 0 radical (unpaired) electrons. The minimum atomic E-state index is -0.719. The summed E-state index contributed by atoms with van der Waals surface area (Å²) in [6, 6.07) is 7.19. The van der Waals surface area contributed by atoms with Crippen LogP contribution in [0.25, 0.3) is 0 Å². The Morgan fingerprint density at radius 1 is 1.12 bits per heavy atom. The molecule has 4 rings (SSSR count). The molecule has 2 N–H and O–H groups in total. The van der Waals surface area contributed by atoms with E-state index in [0.717, 1.165) is 41.8 Å². The van der Waals surface area contributed by atoms with Crippen molar-refractivity contribution in [3.05, 3.63) is 53.3 Å². The molecule has 2 aromatic rings. The van der Waals surface area contributed by atoms with E-state index < -0.39 is 11.8 Å². The van der Waals surface area contributed by atoms with Gasteiger partial charge in [-0.15, -0.1) is 0 Å². The van der Waals surface area contributed by atoms with Gasteiger partial charge in [-0.3, -0.25) is 19.4 Å². The van der Waals surface area contributed by atoms with E-state index in [4.69, 9.17) is 0 Å². The van der Waals surface area contributed by atoms with E-state index in [-0.39, 0.29) is 12.5 Å². The number of nitrogens with zero attached hydrogens (tertiary/aromatic N) is 2. The largest absolute Gasteiger partial charge is 0.344 e. The summed E-state index contributed by atoms with van der Waals surface area (Å²) in [4.78, 5) is 42.0. The molecule has 0 saturated carbocycles. The summed E-state index contributed by atoms with van der Waals surface area (Å²) in [5, 5.41) is 5.23. The van der Waals surface area contributed by atoms with Crippen LogP contribution in [0.1, 0.15) is 23.1 Å². The number of pyridine rings is 1. The SMILES string of the molecule is O=C(NCc1ccncc1)C(=O)Nc1cc2c3c(c1)CC(=O)N3CCC2. The lowest BCUT2D eigenvalue weighted by atomic mass is 9.99. The zero-order chi connectivity index (χ0) is 18.1. The molecule has 0 bridgehead atoms. The van der Waals surface area contributed by atoms with E-state index in [1.807, 2.05) is 11.0 Å². The predicted molar refractivity (Wildman–Crippen MR) is 95.5 cm³/mol. The first-order chi connectivity index (χ1) is 12.6. The Bertz CT molecular complexity index is 895. The molecule has 0 aliphatic carbocycles. The van der Waals surface area contributed by atoms with Crippen molar-refractivity contribution in [2.75, 3.05) is 16.8 Å². The highest BCUT2D eigenvalue weighted by Crippen LogP contribution is 2.38. The van der Waals surface area contributed by atoms with Gasteiger partial charge in [0.1, 0.15) is 0 Å². The maximum atomic E-state index is 12.2. The number of nitrogens with one attached hydrogen (secondary N) is 2. The zero-order valence-corrected chi connectivity index (χ0v) is 14.1. The molecule has 1 aromatic carbocycles. The Morgan fingerprint density at radius 2 is 1.88 bits per heavy atom. The number of benzene rings is 1. The number of aryl methyl sites for hydroxylation is 1. The van der Waals surface area contributed by atoms with Gasteiger partial charge in [0.25, 0.3) is 0 Å². The summed E-state index contributed by atoms with van der Waals surface area (Å²) < 4.78 is 0. The molecule has 0 unspecified atom stereocenters. The molecule has 0 atom stereocenters. The number of carbonyl (C=O) groups excluding carboxylic acids is 3. The first kappa shape index (κ1) is 16.3. The molecule has 2 aliphatic heterocycles. The van der Waals surface area contributed by atoms with Gasteiger partial charge in [-0.2, -0.15) is 0 Å². The number of aromatic nitrogens is 1. The Balaban J connectivity index is 1.44. The van der Waals surface area contributed by atoms with Crippen molar-refractivity contribution in [3.63, 3.8) is 0 Å². The molecule has 26 heavy (non-hydrogen) atoms. The van der Waals surface area contributed by atoms with Crippen LogP contribution in [-0.2, 0) is 33.8 Å². The summed E-state index contributed by atoms with van der Waals surface area (Å²) in [6.07, 6.45) is 5.37. The maximum Gasteiger partial charge on any atom is 0.313 e. The average molecular weight is 350 g/mol. The van der Waals surface area contributed by atoms with E-state index in [1.165, 1.54) is 0 Å². The second kappa shape index (κ2) is 6.59. The van der Waals surface area contributed by atoms with E-state index in [1.54, 1.807) is 30.6 Å². The second-order valence-electron chi connectivity index (χ2n) is 6.46. The summed E-state index contributed by atoms with van der Waals surface area (Å²) in [5.74, 6) is -1.32. The lowest BCUT2D eigenvalue weighted by molar-refractivity contribution is -0.136. The van der Waals surface area contributed by atoms with Crippen LogP contribution in [0.5, 0.6) is 0 Å². The molecule has 3 amide bonds. The molecule has 3 heterocycles. The third-order valence-electron chi connectivity index (χ3n) is 4.67. The topological polar surface area (TPSA) is 91.4 Å². The lowest BCUT2D eigenvalue weighted by Crippen LogP contribution is -2.35. The summed E-state index contributed by atoms with van der Waals surface area (Å²) in [6.45, 7) is 1.01. The van der Waals surface area contributed by atoms with Crippen molar-refractivity contribution in [3.8, 4) is 0 Å². The van der Waals surface area contributed by atoms with E-state index in [0.29, 0.717) is 12.1 Å². The van der Waals surface area contributed by atoms with Crippen LogP contribution in [-0.4, -0.2) is 29.3 Å². The molecule has 2 aliphatic rings. The van der Waals surface area contributed by atoms with E-state index >= 15 is 0 Å². The van der Waals surface area contributed by atoms with Crippen molar-refractivity contribution >= 4 is 29.1 Å². The molecular weight excluding hydrogens is 332 g/mol. The van der Waals surface area contributed by atoms with Gasteiger partial charge in [0, 0.05) is 31.2 Å². The van der Waals surface area contributed by atoms with Crippen molar-refractivity contribution in [2.24, 2.45) is 0 Å². The fourth-order valence-electron chi connectivity index (χ4n) is 3.50. The summed E-state index contributed by atoms with van der Waals surface area (Å²) in [5.41, 5.74) is 4.37. The van der Waals surface area contributed by atoms with E-state index in [2.05, 4.69) is 15.6 Å². The van der Waals surface area contributed by atoms with Crippen molar-refractivity contribution < 1.29 is 14.4 Å². The zero-order valence-electron chi connectivity index (χ0n) is 14.1. The number of anilines is 2. The number of hydrogen-bond donors (Lipinski definition) is 2. The van der Waals surface area contributed by atoms with E-state index in [9.17, 15) is 14.4 Å². The third-order valence-corrected chi connectivity index (χ3v) is 4.67. The number of amides is 3. The minimum absolute atomic E-state index is 0.0968.